The minimum Gasteiger partial charge on any atom is -0.439 e. The molecule has 134 valence electrons. The lowest BCUT2D eigenvalue weighted by molar-refractivity contribution is -0.448. The SMILES string of the molecule is C[C@@H]1[C@H](c2ccccc2)OC=[N+]1[B-](N(C)C)(n1cccn1)n1cccn1. The molecule has 4 rings (SSSR count). The lowest BCUT2D eigenvalue weighted by Gasteiger charge is -2.42. The van der Waals surface area contributed by atoms with E-state index in [-0.39, 0.29) is 12.1 Å². The smallest absolute Gasteiger partial charge is 0.439 e. The minimum absolute atomic E-state index is 0.0523. The molecule has 0 radical (unpaired) electrons. The molecule has 0 aliphatic carbocycles. The number of ether oxygens (including phenoxy) is 1. The Bertz CT molecular complexity index is 842. The van der Waals surface area contributed by atoms with Crippen molar-refractivity contribution in [3.05, 3.63) is 72.8 Å². The molecule has 2 atom stereocenters. The van der Waals surface area contributed by atoms with E-state index in [1.54, 1.807) is 12.4 Å². The van der Waals surface area contributed by atoms with E-state index < -0.39 is 6.69 Å². The second-order valence-corrected chi connectivity index (χ2v) is 6.89. The van der Waals surface area contributed by atoms with Crippen molar-refractivity contribution in [2.75, 3.05) is 14.1 Å². The average molecular weight is 350 g/mol. The van der Waals surface area contributed by atoms with Gasteiger partial charge in [-0.2, -0.15) is 0 Å². The highest BCUT2D eigenvalue weighted by molar-refractivity contribution is 6.65. The largest absolute Gasteiger partial charge is 0.594 e. The molecule has 3 heterocycles. The van der Waals surface area contributed by atoms with Crippen molar-refractivity contribution in [1.82, 2.24) is 24.2 Å². The second kappa shape index (κ2) is 6.46. The Kier molecular flexibility index (Phi) is 4.12. The van der Waals surface area contributed by atoms with E-state index in [1.165, 1.54) is 0 Å². The third kappa shape index (κ3) is 2.37. The van der Waals surface area contributed by atoms with Crippen molar-refractivity contribution in [1.29, 1.82) is 0 Å². The number of benzene rings is 1. The highest BCUT2D eigenvalue weighted by Gasteiger charge is 2.54. The first-order valence-corrected chi connectivity index (χ1v) is 8.79. The predicted octanol–water partition coefficient (Wildman–Crippen LogP) is 1.67. The monoisotopic (exact) mass is 350 g/mol. The summed E-state index contributed by atoms with van der Waals surface area (Å²) < 4.78 is 12.3. The molecule has 7 nitrogen and oxygen atoms in total. The zero-order chi connectivity index (χ0) is 18.1. The van der Waals surface area contributed by atoms with Gasteiger partial charge in [-0.1, -0.05) is 30.3 Å². The van der Waals surface area contributed by atoms with Gasteiger partial charge in [-0.25, -0.2) is 10.2 Å². The average Bonchev–Trinajstić information content (AvgIpc) is 3.40. The van der Waals surface area contributed by atoms with E-state index >= 15 is 0 Å². The summed E-state index contributed by atoms with van der Waals surface area (Å²) in [4.78, 5) is 2.14. The maximum atomic E-state index is 6.12. The van der Waals surface area contributed by atoms with E-state index in [0.717, 1.165) is 5.56 Å². The minimum atomic E-state index is -1.67. The summed E-state index contributed by atoms with van der Waals surface area (Å²) in [5, 5.41) is 9.14. The van der Waals surface area contributed by atoms with Gasteiger partial charge in [0.1, 0.15) is 6.04 Å². The van der Waals surface area contributed by atoms with Crippen LogP contribution in [0.1, 0.15) is 18.6 Å². The molecule has 26 heavy (non-hydrogen) atoms. The number of rotatable bonds is 5. The van der Waals surface area contributed by atoms with E-state index in [1.807, 2.05) is 72.4 Å². The van der Waals surface area contributed by atoms with Gasteiger partial charge in [0, 0.05) is 12.4 Å². The van der Waals surface area contributed by atoms with E-state index in [2.05, 4.69) is 38.6 Å². The molecule has 1 aliphatic heterocycles. The zero-order valence-electron chi connectivity index (χ0n) is 15.3. The van der Waals surface area contributed by atoms with E-state index in [4.69, 9.17) is 4.74 Å². The molecule has 0 unspecified atom stereocenters. The van der Waals surface area contributed by atoms with Gasteiger partial charge in [-0.3, -0.25) is 0 Å². The van der Waals surface area contributed by atoms with Crippen molar-refractivity contribution >= 4 is 13.1 Å². The highest BCUT2D eigenvalue weighted by Crippen LogP contribution is 2.30. The summed E-state index contributed by atoms with van der Waals surface area (Å²) >= 11 is 0. The lowest BCUT2D eigenvalue weighted by Crippen LogP contribution is -2.71. The maximum absolute atomic E-state index is 6.12. The summed E-state index contributed by atoms with van der Waals surface area (Å²) in [6.07, 6.45) is 9.30. The third-order valence-electron chi connectivity index (χ3n) is 5.22. The fraction of sp³-hybridized carbons (Fsp3) is 0.278. The summed E-state index contributed by atoms with van der Waals surface area (Å²) in [5.41, 5.74) is 1.16. The van der Waals surface area contributed by atoms with Gasteiger partial charge >= 0.3 is 6.69 Å². The molecule has 3 aromatic rings. The Morgan fingerprint density at radius 3 is 2.12 bits per heavy atom. The fourth-order valence-corrected chi connectivity index (χ4v) is 4.00. The van der Waals surface area contributed by atoms with Crippen LogP contribution >= 0.6 is 0 Å². The summed E-state index contributed by atoms with van der Waals surface area (Å²) in [5.74, 6) is 0. The van der Waals surface area contributed by atoms with Gasteiger partial charge in [0.15, 0.2) is 6.10 Å². The topological polar surface area (TPSA) is 51.1 Å². The molecular weight excluding hydrogens is 327 g/mol. The third-order valence-corrected chi connectivity index (χ3v) is 5.22. The van der Waals surface area contributed by atoms with Crippen LogP contribution in [0.3, 0.4) is 0 Å². The Labute approximate surface area is 153 Å². The quantitative estimate of drug-likeness (QED) is 0.657. The van der Waals surface area contributed by atoms with Crippen LogP contribution in [0, 0.1) is 0 Å². The first-order valence-electron chi connectivity index (χ1n) is 8.79. The zero-order valence-corrected chi connectivity index (χ0v) is 15.3. The predicted molar refractivity (Wildman–Crippen MR) is 101 cm³/mol. The molecule has 0 amide bonds. The summed E-state index contributed by atoms with van der Waals surface area (Å²) in [7, 11) is 4.08. The second-order valence-electron chi connectivity index (χ2n) is 6.89. The van der Waals surface area contributed by atoms with Gasteiger partial charge in [-0.15, -0.1) is 0 Å². The standard InChI is InChI=1S/C18H23BN6O/c1-16-18(17-9-5-4-6-10-17)26-15-23(16)19(22(2)3,24-13-7-11-20-24)25-14-8-12-21-25/h4-16,18H,1-3H3/t16-,18-/m1/s1. The summed E-state index contributed by atoms with van der Waals surface area (Å²) in [6, 6.07) is 14.3. The molecule has 0 saturated heterocycles. The Hall–Kier alpha value is -2.87. The highest BCUT2D eigenvalue weighted by atomic mass is 16.5. The van der Waals surface area contributed by atoms with Crippen molar-refractivity contribution < 1.29 is 9.22 Å². The lowest BCUT2D eigenvalue weighted by atomic mass is 9.70. The van der Waals surface area contributed by atoms with E-state index in [9.17, 15) is 0 Å². The number of nitrogens with zero attached hydrogens (tertiary/aromatic N) is 6. The number of aromatic nitrogens is 4. The first-order chi connectivity index (χ1) is 12.7. The molecule has 0 saturated carbocycles. The summed E-state index contributed by atoms with van der Waals surface area (Å²) in [6.45, 7) is 0.509. The number of hydrogen-bond donors (Lipinski definition) is 0. The van der Waals surface area contributed by atoms with E-state index in [0.29, 0.717) is 0 Å². The maximum Gasteiger partial charge on any atom is 0.594 e. The molecule has 2 aromatic heterocycles. The van der Waals surface area contributed by atoms with Crippen LogP contribution < -0.4 is 0 Å². The van der Waals surface area contributed by atoms with Crippen LogP contribution in [0.25, 0.3) is 0 Å². The Morgan fingerprint density at radius 2 is 1.62 bits per heavy atom. The Morgan fingerprint density at radius 1 is 1.00 bits per heavy atom. The molecule has 0 spiro atoms. The van der Waals surface area contributed by atoms with Gasteiger partial charge < -0.3 is 23.2 Å². The molecule has 0 bridgehead atoms. The van der Waals surface area contributed by atoms with Gasteiger partial charge in [0.25, 0.3) is 6.40 Å². The van der Waals surface area contributed by atoms with Gasteiger partial charge in [-0.05, 0) is 51.1 Å². The normalized spacial score (nSPS) is 20.2. The van der Waals surface area contributed by atoms with Crippen molar-refractivity contribution in [2.24, 2.45) is 0 Å². The molecule has 1 aromatic carbocycles. The fourth-order valence-electron chi connectivity index (χ4n) is 4.00. The van der Waals surface area contributed by atoms with Crippen LogP contribution in [0.4, 0.5) is 0 Å². The molecule has 8 heteroatoms. The first kappa shape index (κ1) is 16.6. The van der Waals surface area contributed by atoms with Gasteiger partial charge in [0.2, 0.25) is 0 Å². The Balaban J connectivity index is 1.83. The molecular formula is C18H23BN6O. The van der Waals surface area contributed by atoms with Gasteiger partial charge in [0.05, 0.1) is 0 Å². The molecule has 0 fully saturated rings. The number of hydrogen-bond acceptors (Lipinski definition) is 4. The van der Waals surface area contributed by atoms with Crippen molar-refractivity contribution in [2.45, 2.75) is 19.1 Å². The van der Waals surface area contributed by atoms with Crippen LogP contribution in [-0.4, -0.2) is 61.9 Å². The van der Waals surface area contributed by atoms with Crippen LogP contribution in [0.2, 0.25) is 0 Å². The van der Waals surface area contributed by atoms with Crippen molar-refractivity contribution in [3.8, 4) is 0 Å². The van der Waals surface area contributed by atoms with Crippen LogP contribution in [0.5, 0.6) is 0 Å². The van der Waals surface area contributed by atoms with Crippen molar-refractivity contribution in [3.63, 3.8) is 0 Å². The molecule has 1 aliphatic rings. The van der Waals surface area contributed by atoms with Crippen LogP contribution in [0.15, 0.2) is 67.3 Å². The molecule has 0 N–H and O–H groups in total. The van der Waals surface area contributed by atoms with Crippen LogP contribution in [-0.2, 0) is 4.74 Å².